The Morgan fingerprint density at radius 3 is 2.66 bits per heavy atom. The van der Waals surface area contributed by atoms with E-state index in [1.54, 1.807) is 12.4 Å². The van der Waals surface area contributed by atoms with E-state index in [9.17, 15) is 4.79 Å². The molecule has 184 valence electrons. The molecule has 0 aliphatic carbocycles. The maximum atomic E-state index is 12.5. The van der Waals surface area contributed by atoms with Gasteiger partial charge in [0.25, 0.3) is 0 Å². The molecule has 2 fully saturated rings. The molecule has 0 bridgehead atoms. The van der Waals surface area contributed by atoms with Gasteiger partial charge in [-0.1, -0.05) is 24.8 Å². The number of nitrogens with zero attached hydrogens (tertiary/aromatic N) is 6. The van der Waals surface area contributed by atoms with Gasteiger partial charge in [0.1, 0.15) is 0 Å². The lowest BCUT2D eigenvalue weighted by atomic mass is 10.1. The number of rotatable bonds is 7. The third-order valence-electron chi connectivity index (χ3n) is 6.79. The fraction of sp³-hybridized carbons (Fsp3) is 0.444. The van der Waals surface area contributed by atoms with Crippen LogP contribution in [0.5, 0.6) is 0 Å². The highest BCUT2D eigenvalue weighted by molar-refractivity contribution is 5.77. The van der Waals surface area contributed by atoms with E-state index in [2.05, 4.69) is 70.1 Å². The van der Waals surface area contributed by atoms with Crippen molar-refractivity contribution in [2.24, 2.45) is 5.10 Å². The SMILES string of the molecule is C=CN1N=CC=C(N2CCN(C(=O)CCC#N)[C@H](C)C2)/C1=C/Cc1ccc(N2CCNCC2)cc1. The van der Waals surface area contributed by atoms with Crippen molar-refractivity contribution >= 4 is 17.8 Å². The zero-order valence-corrected chi connectivity index (χ0v) is 20.6. The van der Waals surface area contributed by atoms with Crippen LogP contribution in [0.25, 0.3) is 0 Å². The molecule has 8 heteroatoms. The summed E-state index contributed by atoms with van der Waals surface area (Å²) in [6.45, 7) is 12.3. The zero-order chi connectivity index (χ0) is 24.6. The number of nitrogens with one attached hydrogen (secondary N) is 1. The second kappa shape index (κ2) is 11.7. The fourth-order valence-corrected chi connectivity index (χ4v) is 4.89. The van der Waals surface area contributed by atoms with Crippen LogP contribution < -0.4 is 10.2 Å². The highest BCUT2D eigenvalue weighted by Gasteiger charge is 2.30. The van der Waals surface area contributed by atoms with Crippen molar-refractivity contribution in [1.29, 1.82) is 5.26 Å². The molecule has 0 radical (unpaired) electrons. The van der Waals surface area contributed by atoms with Crippen LogP contribution in [-0.2, 0) is 11.2 Å². The van der Waals surface area contributed by atoms with Gasteiger partial charge in [0, 0.05) is 82.8 Å². The minimum absolute atomic E-state index is 0.0608. The molecule has 1 atom stereocenters. The maximum Gasteiger partial charge on any atom is 0.223 e. The largest absolute Gasteiger partial charge is 0.369 e. The Bertz CT molecular complexity index is 1030. The Kier molecular flexibility index (Phi) is 8.22. The summed E-state index contributed by atoms with van der Waals surface area (Å²) in [5.74, 6) is 0.0608. The molecule has 0 spiro atoms. The van der Waals surface area contributed by atoms with Crippen molar-refractivity contribution in [3.8, 4) is 6.07 Å². The lowest BCUT2D eigenvalue weighted by Crippen LogP contribution is -2.54. The average molecular weight is 474 g/mol. The third kappa shape index (κ3) is 5.92. The van der Waals surface area contributed by atoms with Crippen LogP contribution in [0.15, 0.2) is 65.7 Å². The molecule has 1 aromatic rings. The van der Waals surface area contributed by atoms with Gasteiger partial charge in [-0.05, 0) is 37.1 Å². The third-order valence-corrected chi connectivity index (χ3v) is 6.79. The van der Waals surface area contributed by atoms with E-state index in [1.165, 1.54) is 11.3 Å². The molecule has 8 nitrogen and oxygen atoms in total. The van der Waals surface area contributed by atoms with Crippen LogP contribution in [0.1, 0.15) is 25.3 Å². The molecule has 3 aliphatic heterocycles. The molecule has 1 N–H and O–H groups in total. The Balaban J connectivity index is 1.44. The Hall–Kier alpha value is -3.57. The first-order valence-corrected chi connectivity index (χ1v) is 12.4. The van der Waals surface area contributed by atoms with Crippen molar-refractivity contribution in [2.75, 3.05) is 50.7 Å². The predicted octanol–water partition coefficient (Wildman–Crippen LogP) is 2.69. The monoisotopic (exact) mass is 473 g/mol. The van der Waals surface area contributed by atoms with Crippen LogP contribution >= 0.6 is 0 Å². The number of anilines is 1. The van der Waals surface area contributed by atoms with E-state index >= 15 is 0 Å². The number of hydrogen-bond donors (Lipinski definition) is 1. The van der Waals surface area contributed by atoms with Crippen LogP contribution in [0.2, 0.25) is 0 Å². The first kappa shape index (κ1) is 24.6. The number of allylic oxidation sites excluding steroid dienone is 2. The summed E-state index contributed by atoms with van der Waals surface area (Å²) in [6, 6.07) is 11.0. The standard InChI is InChI=1S/C27H35N7O/c1-3-34-26(11-8-23-6-9-24(10-7-23)31-17-15-29-16-18-31)25(12-14-30-34)32-19-20-33(22(2)21-32)27(35)5-4-13-28/h3,6-7,9-12,14,22,29H,1,4-5,8,15-21H2,2H3/b26-11-/t22-/m1/s1. The molecule has 3 heterocycles. The summed E-state index contributed by atoms with van der Waals surface area (Å²) in [5.41, 5.74) is 4.61. The van der Waals surface area contributed by atoms with E-state index in [4.69, 9.17) is 5.26 Å². The Morgan fingerprint density at radius 2 is 1.97 bits per heavy atom. The summed E-state index contributed by atoms with van der Waals surface area (Å²) in [4.78, 5) is 19.1. The molecule has 2 saturated heterocycles. The van der Waals surface area contributed by atoms with E-state index in [0.29, 0.717) is 13.0 Å². The quantitative estimate of drug-likeness (QED) is 0.656. The summed E-state index contributed by atoms with van der Waals surface area (Å²) >= 11 is 0. The molecule has 1 aromatic carbocycles. The predicted molar refractivity (Wildman–Crippen MR) is 140 cm³/mol. The number of carbonyl (C=O) groups is 1. The first-order valence-electron chi connectivity index (χ1n) is 12.4. The number of amides is 1. The van der Waals surface area contributed by atoms with Gasteiger partial charge < -0.3 is 20.0 Å². The molecule has 0 unspecified atom stereocenters. The van der Waals surface area contributed by atoms with Crippen LogP contribution in [0, 0.1) is 11.3 Å². The summed E-state index contributed by atoms with van der Waals surface area (Å²) < 4.78 is 0. The lowest BCUT2D eigenvalue weighted by molar-refractivity contribution is -0.135. The van der Waals surface area contributed by atoms with Crippen LogP contribution in [0.3, 0.4) is 0 Å². The van der Waals surface area contributed by atoms with Crippen molar-refractivity contribution < 1.29 is 4.79 Å². The van der Waals surface area contributed by atoms with Gasteiger partial charge in [0.05, 0.1) is 17.5 Å². The Labute approximate surface area is 208 Å². The lowest BCUT2D eigenvalue weighted by Gasteiger charge is -2.43. The van der Waals surface area contributed by atoms with Gasteiger partial charge in [0.15, 0.2) is 0 Å². The van der Waals surface area contributed by atoms with Crippen molar-refractivity contribution in [1.82, 2.24) is 20.1 Å². The molecule has 1 amide bonds. The number of hydrogen-bond acceptors (Lipinski definition) is 7. The van der Waals surface area contributed by atoms with Crippen molar-refractivity contribution in [3.63, 3.8) is 0 Å². The van der Waals surface area contributed by atoms with Gasteiger partial charge in [-0.15, -0.1) is 0 Å². The van der Waals surface area contributed by atoms with Crippen molar-refractivity contribution in [2.45, 2.75) is 32.2 Å². The number of piperazine rings is 2. The van der Waals surface area contributed by atoms with E-state index in [0.717, 1.165) is 57.1 Å². The van der Waals surface area contributed by atoms with E-state index in [1.807, 2.05) is 16.0 Å². The van der Waals surface area contributed by atoms with Crippen LogP contribution in [0.4, 0.5) is 5.69 Å². The fourth-order valence-electron chi connectivity index (χ4n) is 4.89. The molecule has 0 saturated carbocycles. The van der Waals surface area contributed by atoms with Gasteiger partial charge in [-0.3, -0.25) is 4.79 Å². The van der Waals surface area contributed by atoms with Crippen LogP contribution in [-0.4, -0.2) is 78.8 Å². The minimum Gasteiger partial charge on any atom is -0.369 e. The number of hydrazone groups is 1. The molecule has 0 aromatic heterocycles. The number of nitriles is 1. The Morgan fingerprint density at radius 1 is 1.20 bits per heavy atom. The van der Waals surface area contributed by atoms with Gasteiger partial charge in [-0.2, -0.15) is 10.4 Å². The average Bonchev–Trinajstić information content (AvgIpc) is 2.91. The van der Waals surface area contributed by atoms with Gasteiger partial charge >= 0.3 is 0 Å². The summed E-state index contributed by atoms with van der Waals surface area (Å²) in [6.07, 6.45) is 9.12. The molecule has 4 rings (SSSR count). The summed E-state index contributed by atoms with van der Waals surface area (Å²) in [7, 11) is 0. The highest BCUT2D eigenvalue weighted by Crippen LogP contribution is 2.27. The number of benzene rings is 1. The van der Waals surface area contributed by atoms with Crippen molar-refractivity contribution in [3.05, 3.63) is 66.2 Å². The zero-order valence-electron chi connectivity index (χ0n) is 20.6. The normalized spacial score (nSPS) is 21.7. The minimum atomic E-state index is 0.0608. The highest BCUT2D eigenvalue weighted by atomic mass is 16.2. The maximum absolute atomic E-state index is 12.5. The van der Waals surface area contributed by atoms with Gasteiger partial charge in [0.2, 0.25) is 5.91 Å². The molecular weight excluding hydrogens is 438 g/mol. The topological polar surface area (TPSA) is 78.2 Å². The smallest absolute Gasteiger partial charge is 0.223 e. The second-order valence-electron chi connectivity index (χ2n) is 9.08. The van der Waals surface area contributed by atoms with E-state index in [-0.39, 0.29) is 18.4 Å². The second-order valence-corrected chi connectivity index (χ2v) is 9.08. The molecule has 3 aliphatic rings. The summed E-state index contributed by atoms with van der Waals surface area (Å²) in [5, 5.41) is 18.5. The molecular formula is C27H35N7O. The number of carbonyl (C=O) groups excluding carboxylic acids is 1. The molecule has 35 heavy (non-hydrogen) atoms. The van der Waals surface area contributed by atoms with Gasteiger partial charge in [-0.25, -0.2) is 5.01 Å². The van der Waals surface area contributed by atoms with E-state index < -0.39 is 0 Å². The first-order chi connectivity index (χ1) is 17.1.